The Labute approximate surface area is 99.9 Å². The maximum atomic E-state index is 5.85. The van der Waals surface area contributed by atoms with Gasteiger partial charge in [-0.1, -0.05) is 30.3 Å². The third-order valence-electron chi connectivity index (χ3n) is 2.37. The monoisotopic (exact) mass is 233 g/mol. The number of hydrogen-bond acceptors (Lipinski definition) is 2. The molecule has 0 aliphatic carbocycles. The Hall–Kier alpha value is -1.54. The maximum Gasteiger partial charge on any atom is 0.217 e. The van der Waals surface area contributed by atoms with Crippen molar-refractivity contribution >= 4 is 11.6 Å². The summed E-state index contributed by atoms with van der Waals surface area (Å²) in [6.45, 7) is 0. The molecule has 0 aliphatic rings. The van der Waals surface area contributed by atoms with Crippen LogP contribution in [-0.4, -0.2) is 12.1 Å². The van der Waals surface area contributed by atoms with Crippen molar-refractivity contribution in [2.45, 2.75) is 5.88 Å². The first-order valence-corrected chi connectivity index (χ1v) is 5.53. The Morgan fingerprint density at radius 2 is 1.94 bits per heavy atom. The van der Waals surface area contributed by atoms with Crippen molar-refractivity contribution in [3.05, 3.63) is 48.2 Å². The Morgan fingerprint density at radius 3 is 2.56 bits per heavy atom. The largest absolute Gasteiger partial charge is 0.481 e. The summed E-state index contributed by atoms with van der Waals surface area (Å²) in [6, 6.07) is 12.1. The topological polar surface area (TPSA) is 22.1 Å². The normalized spacial score (nSPS) is 10.1. The minimum Gasteiger partial charge on any atom is -0.481 e. The van der Waals surface area contributed by atoms with Crippen molar-refractivity contribution < 1.29 is 4.74 Å². The van der Waals surface area contributed by atoms with E-state index in [0.29, 0.717) is 11.8 Å². The molecular formula is C13H12ClNO. The average molecular weight is 234 g/mol. The Kier molecular flexibility index (Phi) is 3.42. The summed E-state index contributed by atoms with van der Waals surface area (Å²) >= 11 is 5.85. The Balaban J connectivity index is 2.44. The van der Waals surface area contributed by atoms with E-state index in [4.69, 9.17) is 16.3 Å². The minimum absolute atomic E-state index is 0.400. The lowest BCUT2D eigenvalue weighted by Crippen LogP contribution is -1.93. The van der Waals surface area contributed by atoms with Crippen LogP contribution in [0.3, 0.4) is 0 Å². The first-order valence-electron chi connectivity index (χ1n) is 4.99. The molecule has 2 aromatic rings. The third-order valence-corrected chi connectivity index (χ3v) is 2.66. The van der Waals surface area contributed by atoms with Crippen molar-refractivity contribution in [1.29, 1.82) is 0 Å². The van der Waals surface area contributed by atoms with Gasteiger partial charge in [0.2, 0.25) is 5.88 Å². The van der Waals surface area contributed by atoms with Gasteiger partial charge < -0.3 is 4.74 Å². The molecule has 82 valence electrons. The van der Waals surface area contributed by atoms with E-state index in [9.17, 15) is 0 Å². The van der Waals surface area contributed by atoms with Crippen LogP contribution >= 0.6 is 11.6 Å². The highest BCUT2D eigenvalue weighted by Gasteiger charge is 2.05. The van der Waals surface area contributed by atoms with Crippen molar-refractivity contribution in [3.8, 4) is 17.0 Å². The molecule has 2 nitrogen and oxygen atoms in total. The van der Waals surface area contributed by atoms with Crippen LogP contribution in [0, 0.1) is 0 Å². The summed E-state index contributed by atoms with van der Waals surface area (Å²) in [7, 11) is 1.60. The highest BCUT2D eigenvalue weighted by atomic mass is 35.5. The highest BCUT2D eigenvalue weighted by Crippen LogP contribution is 2.24. The smallest absolute Gasteiger partial charge is 0.217 e. The molecule has 0 saturated heterocycles. The van der Waals surface area contributed by atoms with E-state index >= 15 is 0 Å². The van der Waals surface area contributed by atoms with Crippen LogP contribution in [0.5, 0.6) is 5.88 Å². The second kappa shape index (κ2) is 4.99. The van der Waals surface area contributed by atoms with Gasteiger partial charge in [-0.2, -0.15) is 0 Å². The van der Waals surface area contributed by atoms with Gasteiger partial charge in [-0.25, -0.2) is 4.98 Å². The first kappa shape index (κ1) is 11.0. The fourth-order valence-electron chi connectivity index (χ4n) is 1.57. The van der Waals surface area contributed by atoms with E-state index in [-0.39, 0.29) is 0 Å². The van der Waals surface area contributed by atoms with E-state index < -0.39 is 0 Å². The van der Waals surface area contributed by atoms with Gasteiger partial charge in [0, 0.05) is 17.3 Å². The standard InChI is InChI=1S/C13H12ClNO/c1-16-13-11(8-14)7-12(9-15-13)10-5-3-2-4-6-10/h2-7,9H,8H2,1H3. The highest BCUT2D eigenvalue weighted by molar-refractivity contribution is 6.17. The predicted octanol–water partition coefficient (Wildman–Crippen LogP) is 3.50. The van der Waals surface area contributed by atoms with E-state index in [1.54, 1.807) is 13.3 Å². The fourth-order valence-corrected chi connectivity index (χ4v) is 1.76. The summed E-state index contributed by atoms with van der Waals surface area (Å²) in [5.74, 6) is 0.992. The van der Waals surface area contributed by atoms with Crippen molar-refractivity contribution in [2.24, 2.45) is 0 Å². The number of rotatable bonds is 3. The third kappa shape index (κ3) is 2.17. The molecule has 0 spiro atoms. The molecule has 1 aromatic carbocycles. The molecule has 0 radical (unpaired) electrons. The number of alkyl halides is 1. The van der Waals surface area contributed by atoms with Crippen molar-refractivity contribution in [2.75, 3.05) is 7.11 Å². The van der Waals surface area contributed by atoms with Crippen LogP contribution in [0.1, 0.15) is 5.56 Å². The number of nitrogens with zero attached hydrogens (tertiary/aromatic N) is 1. The fraction of sp³-hybridized carbons (Fsp3) is 0.154. The molecule has 0 fully saturated rings. The summed E-state index contributed by atoms with van der Waals surface area (Å²) in [6.07, 6.45) is 1.80. The summed E-state index contributed by atoms with van der Waals surface area (Å²) < 4.78 is 5.13. The van der Waals surface area contributed by atoms with E-state index in [1.807, 2.05) is 36.4 Å². The molecule has 0 amide bonds. The number of ether oxygens (including phenoxy) is 1. The molecule has 0 unspecified atom stereocenters. The number of benzene rings is 1. The van der Waals surface area contributed by atoms with Crippen molar-refractivity contribution in [3.63, 3.8) is 0 Å². The minimum atomic E-state index is 0.400. The van der Waals surface area contributed by atoms with Gasteiger partial charge in [0.15, 0.2) is 0 Å². The van der Waals surface area contributed by atoms with E-state index in [2.05, 4.69) is 4.98 Å². The summed E-state index contributed by atoms with van der Waals surface area (Å²) in [5, 5.41) is 0. The second-order valence-electron chi connectivity index (χ2n) is 3.39. The van der Waals surface area contributed by atoms with Gasteiger partial charge in [0.1, 0.15) is 0 Å². The van der Waals surface area contributed by atoms with E-state index in [0.717, 1.165) is 16.7 Å². The van der Waals surface area contributed by atoms with Crippen LogP contribution in [0.4, 0.5) is 0 Å². The lowest BCUT2D eigenvalue weighted by atomic mass is 10.1. The van der Waals surface area contributed by atoms with E-state index in [1.165, 1.54) is 0 Å². The quantitative estimate of drug-likeness (QED) is 0.757. The maximum absolute atomic E-state index is 5.85. The zero-order valence-electron chi connectivity index (χ0n) is 8.98. The van der Waals surface area contributed by atoms with Crippen LogP contribution in [0.25, 0.3) is 11.1 Å². The zero-order valence-corrected chi connectivity index (χ0v) is 9.74. The second-order valence-corrected chi connectivity index (χ2v) is 3.66. The van der Waals surface area contributed by atoms with Crippen LogP contribution in [0.15, 0.2) is 42.6 Å². The number of methoxy groups -OCH3 is 1. The van der Waals surface area contributed by atoms with Gasteiger partial charge >= 0.3 is 0 Å². The van der Waals surface area contributed by atoms with Gasteiger partial charge in [0.05, 0.1) is 13.0 Å². The Morgan fingerprint density at radius 1 is 1.19 bits per heavy atom. The molecule has 16 heavy (non-hydrogen) atoms. The molecule has 3 heteroatoms. The van der Waals surface area contributed by atoms with Gasteiger partial charge in [-0.3, -0.25) is 0 Å². The molecule has 0 atom stereocenters. The SMILES string of the molecule is COc1ncc(-c2ccccc2)cc1CCl. The molecule has 0 saturated carbocycles. The molecule has 0 aliphatic heterocycles. The van der Waals surface area contributed by atoms with Gasteiger partial charge in [0.25, 0.3) is 0 Å². The lowest BCUT2D eigenvalue weighted by Gasteiger charge is -2.07. The molecular weight excluding hydrogens is 222 g/mol. The predicted molar refractivity (Wildman–Crippen MR) is 65.8 cm³/mol. The number of aromatic nitrogens is 1. The molecule has 0 N–H and O–H groups in total. The summed E-state index contributed by atoms with van der Waals surface area (Å²) in [5.41, 5.74) is 3.09. The summed E-state index contributed by atoms with van der Waals surface area (Å²) in [4.78, 5) is 4.24. The first-order chi connectivity index (χ1) is 7.85. The van der Waals surface area contributed by atoms with Crippen LogP contribution in [-0.2, 0) is 5.88 Å². The molecule has 0 bridgehead atoms. The lowest BCUT2D eigenvalue weighted by molar-refractivity contribution is 0.394. The average Bonchev–Trinajstić information content (AvgIpc) is 2.39. The molecule has 1 heterocycles. The number of pyridine rings is 1. The van der Waals surface area contributed by atoms with Crippen LogP contribution in [0.2, 0.25) is 0 Å². The number of hydrogen-bond donors (Lipinski definition) is 0. The van der Waals surface area contributed by atoms with Gasteiger partial charge in [-0.15, -0.1) is 11.6 Å². The number of halogens is 1. The van der Waals surface area contributed by atoms with Crippen LogP contribution < -0.4 is 4.74 Å². The Bertz CT molecular complexity index is 471. The molecule has 1 aromatic heterocycles. The van der Waals surface area contributed by atoms with Crippen molar-refractivity contribution in [1.82, 2.24) is 4.98 Å². The van der Waals surface area contributed by atoms with Gasteiger partial charge in [-0.05, 0) is 11.6 Å². The zero-order chi connectivity index (χ0) is 11.4. The molecule has 2 rings (SSSR count).